The van der Waals surface area contributed by atoms with E-state index in [4.69, 9.17) is 16.7 Å². The SMILES string of the molecule is CC(CCO)CNC(=O)c1cc(Cl)ncc1[N+](=O)[O-]. The molecule has 0 aromatic carbocycles. The number of amides is 1. The van der Waals surface area contributed by atoms with Crippen LogP contribution in [0.2, 0.25) is 5.15 Å². The second kappa shape index (κ2) is 7.01. The van der Waals surface area contributed by atoms with Gasteiger partial charge in [-0.15, -0.1) is 0 Å². The minimum absolute atomic E-state index is 0.0131. The zero-order valence-electron chi connectivity index (χ0n) is 10.3. The molecule has 1 aromatic heterocycles. The summed E-state index contributed by atoms with van der Waals surface area (Å²) in [4.78, 5) is 25.5. The van der Waals surface area contributed by atoms with Crippen molar-refractivity contribution in [2.24, 2.45) is 5.92 Å². The summed E-state index contributed by atoms with van der Waals surface area (Å²) in [6.45, 7) is 2.19. The minimum atomic E-state index is -0.685. The highest BCUT2D eigenvalue weighted by atomic mass is 35.5. The number of nitrogens with zero attached hydrogens (tertiary/aromatic N) is 2. The number of halogens is 1. The standard InChI is InChI=1S/C11H14ClN3O4/c1-7(2-3-16)5-14-11(17)8-4-10(12)13-6-9(8)15(18)19/h4,6-7,16H,2-3,5H2,1H3,(H,14,17). The summed E-state index contributed by atoms with van der Waals surface area (Å²) in [5, 5.41) is 22.1. The van der Waals surface area contributed by atoms with Gasteiger partial charge in [0.05, 0.1) is 4.92 Å². The van der Waals surface area contributed by atoms with Crippen LogP contribution in [0.5, 0.6) is 0 Å². The van der Waals surface area contributed by atoms with Crippen LogP contribution in [0.4, 0.5) is 5.69 Å². The summed E-state index contributed by atoms with van der Waals surface area (Å²) in [6, 6.07) is 1.16. The zero-order valence-corrected chi connectivity index (χ0v) is 11.1. The number of rotatable bonds is 6. The van der Waals surface area contributed by atoms with Crippen LogP contribution in [0.25, 0.3) is 0 Å². The molecule has 0 aliphatic rings. The molecule has 7 nitrogen and oxygen atoms in total. The molecule has 1 aromatic rings. The van der Waals surface area contributed by atoms with Gasteiger partial charge in [0.15, 0.2) is 0 Å². The van der Waals surface area contributed by atoms with Crippen LogP contribution < -0.4 is 5.32 Å². The second-order valence-electron chi connectivity index (χ2n) is 4.11. The van der Waals surface area contributed by atoms with Gasteiger partial charge in [-0.2, -0.15) is 0 Å². The number of hydrogen-bond donors (Lipinski definition) is 2. The number of carbonyl (C=O) groups is 1. The number of nitro groups is 1. The summed E-state index contributed by atoms with van der Waals surface area (Å²) in [6.07, 6.45) is 1.49. The lowest BCUT2D eigenvalue weighted by molar-refractivity contribution is -0.385. The Bertz CT molecular complexity index is 481. The molecule has 0 fully saturated rings. The smallest absolute Gasteiger partial charge is 0.300 e. The molecule has 19 heavy (non-hydrogen) atoms. The number of carbonyl (C=O) groups excluding carboxylic acids is 1. The van der Waals surface area contributed by atoms with Gasteiger partial charge in [-0.1, -0.05) is 18.5 Å². The Balaban J connectivity index is 2.81. The topological polar surface area (TPSA) is 105 Å². The molecule has 104 valence electrons. The van der Waals surface area contributed by atoms with Crippen LogP contribution in [0.1, 0.15) is 23.7 Å². The molecule has 0 aliphatic heterocycles. The lowest BCUT2D eigenvalue weighted by Crippen LogP contribution is -2.29. The fourth-order valence-electron chi connectivity index (χ4n) is 1.43. The molecule has 0 radical (unpaired) electrons. The van der Waals surface area contributed by atoms with Crippen LogP contribution in [0.15, 0.2) is 12.3 Å². The maximum Gasteiger partial charge on any atom is 0.300 e. The highest BCUT2D eigenvalue weighted by molar-refractivity contribution is 6.29. The van der Waals surface area contributed by atoms with Crippen LogP contribution in [0, 0.1) is 16.0 Å². The van der Waals surface area contributed by atoms with E-state index in [-0.39, 0.29) is 23.2 Å². The number of nitrogens with one attached hydrogen (secondary N) is 1. The molecule has 0 bridgehead atoms. The van der Waals surface area contributed by atoms with Crippen LogP contribution in [-0.4, -0.2) is 34.1 Å². The predicted octanol–water partition coefficient (Wildman–Crippen LogP) is 1.39. The van der Waals surface area contributed by atoms with E-state index >= 15 is 0 Å². The van der Waals surface area contributed by atoms with Crippen LogP contribution in [0.3, 0.4) is 0 Å². The number of aliphatic hydroxyl groups is 1. The molecule has 8 heteroatoms. The van der Waals surface area contributed by atoms with Crippen molar-refractivity contribution in [1.29, 1.82) is 0 Å². The second-order valence-corrected chi connectivity index (χ2v) is 4.50. The highest BCUT2D eigenvalue weighted by Gasteiger charge is 2.21. The third-order valence-corrected chi connectivity index (χ3v) is 2.73. The summed E-state index contributed by atoms with van der Waals surface area (Å²) < 4.78 is 0. The van der Waals surface area contributed by atoms with Crippen molar-refractivity contribution < 1.29 is 14.8 Å². The van der Waals surface area contributed by atoms with Crippen LogP contribution >= 0.6 is 11.6 Å². The van der Waals surface area contributed by atoms with Gasteiger partial charge in [0.2, 0.25) is 0 Å². The summed E-state index contributed by atoms with van der Waals surface area (Å²) >= 11 is 5.63. The van der Waals surface area contributed by atoms with Gasteiger partial charge in [0.25, 0.3) is 11.6 Å². The van der Waals surface area contributed by atoms with E-state index in [1.54, 1.807) is 0 Å². The molecule has 1 rings (SSSR count). The van der Waals surface area contributed by atoms with E-state index in [0.717, 1.165) is 12.3 Å². The van der Waals surface area contributed by atoms with E-state index in [9.17, 15) is 14.9 Å². The fraction of sp³-hybridized carbons (Fsp3) is 0.455. The van der Waals surface area contributed by atoms with E-state index < -0.39 is 16.5 Å². The Hall–Kier alpha value is -1.73. The zero-order chi connectivity index (χ0) is 14.4. The van der Waals surface area contributed by atoms with Gasteiger partial charge in [-0.05, 0) is 18.4 Å². The summed E-state index contributed by atoms with van der Waals surface area (Å²) in [7, 11) is 0. The van der Waals surface area contributed by atoms with Crippen LogP contribution in [-0.2, 0) is 0 Å². The van der Waals surface area contributed by atoms with Gasteiger partial charge >= 0.3 is 0 Å². The van der Waals surface area contributed by atoms with Gasteiger partial charge < -0.3 is 10.4 Å². The van der Waals surface area contributed by atoms with Crippen molar-refractivity contribution >= 4 is 23.2 Å². The first-order valence-corrected chi connectivity index (χ1v) is 6.02. The van der Waals surface area contributed by atoms with E-state index in [0.29, 0.717) is 13.0 Å². The monoisotopic (exact) mass is 287 g/mol. The third kappa shape index (κ3) is 4.46. The van der Waals surface area contributed by atoms with E-state index in [1.807, 2.05) is 6.92 Å². The lowest BCUT2D eigenvalue weighted by Gasteiger charge is -2.11. The maximum atomic E-state index is 11.9. The Labute approximate surface area is 114 Å². The maximum absolute atomic E-state index is 11.9. The normalized spacial score (nSPS) is 11.9. The largest absolute Gasteiger partial charge is 0.396 e. The van der Waals surface area contributed by atoms with Crippen molar-refractivity contribution in [3.05, 3.63) is 33.1 Å². The Morgan fingerprint density at radius 3 is 2.95 bits per heavy atom. The highest BCUT2D eigenvalue weighted by Crippen LogP contribution is 2.20. The van der Waals surface area contributed by atoms with Gasteiger partial charge in [0, 0.05) is 13.2 Å². The Morgan fingerprint density at radius 2 is 2.37 bits per heavy atom. The van der Waals surface area contributed by atoms with Crippen molar-refractivity contribution in [1.82, 2.24) is 10.3 Å². The van der Waals surface area contributed by atoms with E-state index in [2.05, 4.69) is 10.3 Å². The van der Waals surface area contributed by atoms with Gasteiger partial charge in [-0.25, -0.2) is 4.98 Å². The van der Waals surface area contributed by atoms with Gasteiger partial charge in [0.1, 0.15) is 16.9 Å². The average Bonchev–Trinajstić information content (AvgIpc) is 2.35. The average molecular weight is 288 g/mol. The first-order valence-electron chi connectivity index (χ1n) is 5.64. The van der Waals surface area contributed by atoms with Gasteiger partial charge in [-0.3, -0.25) is 14.9 Å². The number of aliphatic hydroxyl groups excluding tert-OH is 1. The Morgan fingerprint density at radius 1 is 1.68 bits per heavy atom. The van der Waals surface area contributed by atoms with Crippen molar-refractivity contribution in [3.63, 3.8) is 0 Å². The number of aromatic nitrogens is 1. The predicted molar refractivity (Wildman–Crippen MR) is 69.1 cm³/mol. The molecule has 0 aliphatic carbocycles. The van der Waals surface area contributed by atoms with Crippen molar-refractivity contribution in [3.8, 4) is 0 Å². The quantitative estimate of drug-likeness (QED) is 0.467. The first-order chi connectivity index (χ1) is 8.95. The molecule has 0 saturated carbocycles. The number of pyridine rings is 1. The molecule has 1 amide bonds. The fourth-order valence-corrected chi connectivity index (χ4v) is 1.59. The molecular weight excluding hydrogens is 274 g/mol. The molecule has 1 heterocycles. The number of hydrogen-bond acceptors (Lipinski definition) is 5. The molecular formula is C11H14ClN3O4. The lowest BCUT2D eigenvalue weighted by atomic mass is 10.1. The molecule has 0 saturated heterocycles. The molecule has 2 N–H and O–H groups in total. The molecule has 1 unspecified atom stereocenters. The summed E-state index contributed by atoms with van der Waals surface area (Å²) in [5.74, 6) is -0.508. The van der Waals surface area contributed by atoms with E-state index in [1.165, 1.54) is 0 Å². The molecule has 1 atom stereocenters. The first kappa shape index (κ1) is 15.3. The summed E-state index contributed by atoms with van der Waals surface area (Å²) in [5.41, 5.74) is -0.516. The minimum Gasteiger partial charge on any atom is -0.396 e. The van der Waals surface area contributed by atoms with Crippen molar-refractivity contribution in [2.45, 2.75) is 13.3 Å². The molecule has 0 spiro atoms. The third-order valence-electron chi connectivity index (χ3n) is 2.52. The van der Waals surface area contributed by atoms with Crippen molar-refractivity contribution in [2.75, 3.05) is 13.2 Å². The Kier molecular flexibility index (Phi) is 5.65.